The van der Waals surface area contributed by atoms with Gasteiger partial charge in [0.25, 0.3) is 0 Å². The lowest BCUT2D eigenvalue weighted by Gasteiger charge is -2.39. The van der Waals surface area contributed by atoms with Crippen LogP contribution in [0.1, 0.15) is 58.8 Å². The first-order valence-electron chi connectivity index (χ1n) is 9.90. The summed E-state index contributed by atoms with van der Waals surface area (Å²) < 4.78 is 21.3. The number of nitrogens with zero attached hydrogens (tertiary/aromatic N) is 2. The van der Waals surface area contributed by atoms with Crippen molar-refractivity contribution in [2.45, 2.75) is 65.6 Å². The van der Waals surface area contributed by atoms with E-state index >= 15 is 0 Å². The first kappa shape index (κ1) is 23.7. The molecule has 2 amide bonds. The second-order valence-corrected chi connectivity index (χ2v) is 9.27. The highest BCUT2D eigenvalue weighted by Crippen LogP contribution is 2.34. The number of ether oxygens (including phenoxy) is 4. The van der Waals surface area contributed by atoms with Gasteiger partial charge in [0.1, 0.15) is 11.2 Å². The molecule has 0 saturated carbocycles. The predicted molar refractivity (Wildman–Crippen MR) is 112 cm³/mol. The Morgan fingerprint density at radius 1 is 1.13 bits per heavy atom. The van der Waals surface area contributed by atoms with E-state index in [-0.39, 0.29) is 18.8 Å². The fourth-order valence-electron chi connectivity index (χ4n) is 2.84. The molecule has 168 valence electrons. The van der Waals surface area contributed by atoms with Gasteiger partial charge in [0.15, 0.2) is 12.5 Å². The first-order chi connectivity index (χ1) is 13.8. The van der Waals surface area contributed by atoms with Crippen LogP contribution in [-0.2, 0) is 14.2 Å². The van der Waals surface area contributed by atoms with Crippen LogP contribution in [-0.4, -0.2) is 60.3 Å². The molecule has 1 aliphatic heterocycles. The number of aromatic nitrogens is 1. The molecule has 1 aromatic heterocycles. The third kappa shape index (κ3) is 6.76. The number of likely N-dealkylation sites (tertiary alicyclic amines) is 1. The molecule has 9 nitrogen and oxygen atoms in total. The Morgan fingerprint density at radius 2 is 1.73 bits per heavy atom. The van der Waals surface area contributed by atoms with Crippen molar-refractivity contribution in [1.82, 2.24) is 9.88 Å². The molecule has 2 heterocycles. The van der Waals surface area contributed by atoms with Crippen LogP contribution in [0.15, 0.2) is 6.07 Å². The third-order valence-corrected chi connectivity index (χ3v) is 4.07. The van der Waals surface area contributed by atoms with Crippen molar-refractivity contribution in [3.05, 3.63) is 17.5 Å². The number of hydrogen-bond acceptors (Lipinski definition) is 7. The van der Waals surface area contributed by atoms with Gasteiger partial charge in [-0.2, -0.15) is 0 Å². The third-order valence-electron chi connectivity index (χ3n) is 4.07. The lowest BCUT2D eigenvalue weighted by molar-refractivity contribution is 0.00782. The topological polar surface area (TPSA) is 99.2 Å². The Labute approximate surface area is 178 Å². The number of carbonyl (C=O) groups is 2. The second-order valence-electron chi connectivity index (χ2n) is 9.27. The van der Waals surface area contributed by atoms with E-state index in [1.807, 2.05) is 20.8 Å². The molecular formula is C21H33N3O6. The molecule has 0 aromatic carbocycles. The SMILES string of the molecule is COCOc1c(NC(=O)OC(C)(C)C)cc(C2CN(C(=O)OC(C)(C)C)C2)nc1C. The summed E-state index contributed by atoms with van der Waals surface area (Å²) in [6, 6.07) is 1.75. The van der Waals surface area contributed by atoms with Gasteiger partial charge in [0.05, 0.1) is 11.4 Å². The van der Waals surface area contributed by atoms with Crippen LogP contribution in [0, 0.1) is 6.92 Å². The van der Waals surface area contributed by atoms with Crippen LogP contribution in [0.4, 0.5) is 15.3 Å². The van der Waals surface area contributed by atoms with E-state index in [2.05, 4.69) is 10.3 Å². The maximum absolute atomic E-state index is 12.3. The average molecular weight is 424 g/mol. The minimum absolute atomic E-state index is 0.0146. The molecule has 30 heavy (non-hydrogen) atoms. The number of rotatable bonds is 5. The smallest absolute Gasteiger partial charge is 0.412 e. The number of amides is 2. The van der Waals surface area contributed by atoms with Crippen molar-refractivity contribution in [2.24, 2.45) is 0 Å². The van der Waals surface area contributed by atoms with Crippen LogP contribution < -0.4 is 10.1 Å². The quantitative estimate of drug-likeness (QED) is 0.713. The van der Waals surface area contributed by atoms with Gasteiger partial charge in [-0.05, 0) is 54.5 Å². The molecular weight excluding hydrogens is 390 g/mol. The molecule has 0 spiro atoms. The lowest BCUT2D eigenvalue weighted by Crippen LogP contribution is -2.50. The molecule has 1 aliphatic rings. The summed E-state index contributed by atoms with van der Waals surface area (Å²) in [5, 5.41) is 2.74. The second kappa shape index (κ2) is 9.07. The summed E-state index contributed by atoms with van der Waals surface area (Å²) in [5.41, 5.74) is 0.626. The molecule has 0 aliphatic carbocycles. The van der Waals surface area contributed by atoms with E-state index in [1.165, 1.54) is 7.11 Å². The predicted octanol–water partition coefficient (Wildman–Crippen LogP) is 4.05. The van der Waals surface area contributed by atoms with Crippen molar-refractivity contribution < 1.29 is 28.5 Å². The van der Waals surface area contributed by atoms with Crippen LogP contribution in [0.5, 0.6) is 5.75 Å². The Kier molecular flexibility index (Phi) is 7.18. The molecule has 1 aromatic rings. The average Bonchev–Trinajstić information content (AvgIpc) is 2.49. The maximum Gasteiger partial charge on any atom is 0.412 e. The molecule has 0 unspecified atom stereocenters. The van der Waals surface area contributed by atoms with Gasteiger partial charge in [-0.1, -0.05) is 0 Å². The minimum atomic E-state index is -0.634. The van der Waals surface area contributed by atoms with E-state index in [0.29, 0.717) is 30.2 Å². The van der Waals surface area contributed by atoms with Crippen molar-refractivity contribution in [3.8, 4) is 5.75 Å². The van der Waals surface area contributed by atoms with Crippen LogP contribution in [0.25, 0.3) is 0 Å². The van der Waals surface area contributed by atoms with E-state index in [0.717, 1.165) is 5.69 Å². The highest BCUT2D eigenvalue weighted by molar-refractivity contribution is 5.87. The van der Waals surface area contributed by atoms with Crippen LogP contribution >= 0.6 is 0 Å². The van der Waals surface area contributed by atoms with Gasteiger partial charge in [-0.15, -0.1) is 0 Å². The largest absolute Gasteiger partial charge is 0.463 e. The van der Waals surface area contributed by atoms with Gasteiger partial charge in [-0.25, -0.2) is 9.59 Å². The van der Waals surface area contributed by atoms with E-state index in [9.17, 15) is 9.59 Å². The number of nitrogens with one attached hydrogen (secondary N) is 1. The molecule has 1 fully saturated rings. The molecule has 2 rings (SSSR count). The number of carbonyl (C=O) groups excluding carboxylic acids is 2. The summed E-state index contributed by atoms with van der Waals surface area (Å²) in [5.74, 6) is 0.446. The zero-order chi connectivity index (χ0) is 22.7. The van der Waals surface area contributed by atoms with Crippen molar-refractivity contribution in [3.63, 3.8) is 0 Å². The fourth-order valence-corrected chi connectivity index (χ4v) is 2.84. The van der Waals surface area contributed by atoms with Gasteiger partial charge in [-0.3, -0.25) is 10.3 Å². The van der Waals surface area contributed by atoms with Crippen LogP contribution in [0.2, 0.25) is 0 Å². The van der Waals surface area contributed by atoms with Crippen LogP contribution in [0.3, 0.4) is 0 Å². The standard InChI is InChI=1S/C21H33N3O6/c1-13-17(28-12-27-8)16(23-18(25)29-20(2,3)4)9-15(22-13)14-10-24(11-14)19(26)30-21(5,6)7/h9,14H,10-12H2,1-8H3,(H,22,23,25). The van der Waals surface area contributed by atoms with E-state index in [1.54, 1.807) is 38.7 Å². The summed E-state index contributed by atoms with van der Waals surface area (Å²) in [7, 11) is 1.51. The van der Waals surface area contributed by atoms with E-state index < -0.39 is 17.3 Å². The lowest BCUT2D eigenvalue weighted by atomic mass is 9.95. The molecule has 1 N–H and O–H groups in total. The normalized spacial score (nSPS) is 14.7. The molecule has 0 bridgehead atoms. The summed E-state index contributed by atoms with van der Waals surface area (Å²) in [6.45, 7) is 13.7. The zero-order valence-electron chi connectivity index (χ0n) is 19.1. The van der Waals surface area contributed by atoms with E-state index in [4.69, 9.17) is 18.9 Å². The highest BCUT2D eigenvalue weighted by Gasteiger charge is 2.36. The summed E-state index contributed by atoms with van der Waals surface area (Å²) in [4.78, 5) is 30.7. The number of hydrogen-bond donors (Lipinski definition) is 1. The number of methoxy groups -OCH3 is 1. The highest BCUT2D eigenvalue weighted by atomic mass is 16.7. The summed E-state index contributed by atoms with van der Waals surface area (Å²) >= 11 is 0. The molecule has 0 atom stereocenters. The van der Waals surface area contributed by atoms with Gasteiger partial charge < -0.3 is 23.8 Å². The maximum atomic E-state index is 12.3. The fraction of sp³-hybridized carbons (Fsp3) is 0.667. The van der Waals surface area contributed by atoms with Crippen molar-refractivity contribution >= 4 is 17.9 Å². The number of pyridine rings is 1. The van der Waals surface area contributed by atoms with Gasteiger partial charge >= 0.3 is 12.2 Å². The zero-order valence-corrected chi connectivity index (χ0v) is 19.1. The minimum Gasteiger partial charge on any atom is -0.463 e. The first-order valence-corrected chi connectivity index (χ1v) is 9.90. The molecule has 9 heteroatoms. The van der Waals surface area contributed by atoms with Crippen molar-refractivity contribution in [2.75, 3.05) is 32.3 Å². The Hall–Kier alpha value is -2.55. The Balaban J connectivity index is 2.17. The van der Waals surface area contributed by atoms with Crippen molar-refractivity contribution in [1.29, 1.82) is 0 Å². The molecule has 0 radical (unpaired) electrons. The monoisotopic (exact) mass is 423 g/mol. The molecule has 1 saturated heterocycles. The number of anilines is 1. The summed E-state index contributed by atoms with van der Waals surface area (Å²) in [6.07, 6.45) is -0.937. The van der Waals surface area contributed by atoms with Gasteiger partial charge in [0.2, 0.25) is 0 Å². The Morgan fingerprint density at radius 3 is 2.27 bits per heavy atom. The number of aryl methyl sites for hydroxylation is 1. The van der Waals surface area contributed by atoms with Gasteiger partial charge in [0, 0.05) is 31.8 Å². The Bertz CT molecular complexity index is 776.